The molecule has 0 unspecified atom stereocenters. The zero-order valence-corrected chi connectivity index (χ0v) is 13.6. The Morgan fingerprint density at radius 3 is 2.15 bits per heavy atom. The molecule has 8 nitrogen and oxygen atoms in total. The molecule has 0 aromatic carbocycles. The third-order valence-electron chi connectivity index (χ3n) is 2.78. The lowest BCUT2D eigenvalue weighted by molar-refractivity contribution is 0.583. The Balaban J connectivity index is 3.25. The summed E-state index contributed by atoms with van der Waals surface area (Å²) in [4.78, 5) is 1.45. The molecule has 0 aliphatic heterocycles. The Kier molecular flexibility index (Phi) is 4.70. The van der Waals surface area contributed by atoms with Gasteiger partial charge in [-0.2, -0.15) is 5.10 Å². The Labute approximate surface area is 119 Å². The molecule has 20 heavy (non-hydrogen) atoms. The first kappa shape index (κ1) is 16.8. The van der Waals surface area contributed by atoms with Crippen LogP contribution in [0.1, 0.15) is 6.92 Å². The summed E-state index contributed by atoms with van der Waals surface area (Å²) in [5.74, 6) is 0.0560. The smallest absolute Gasteiger partial charge is 0.182 e. The van der Waals surface area contributed by atoms with Crippen molar-refractivity contribution in [2.24, 2.45) is 0 Å². The summed E-state index contributed by atoms with van der Waals surface area (Å²) in [6.07, 6.45) is 1.04. The van der Waals surface area contributed by atoms with E-state index in [1.807, 2.05) is 0 Å². The lowest BCUT2D eigenvalue weighted by Crippen LogP contribution is -2.17. The van der Waals surface area contributed by atoms with Crippen LogP contribution in [-0.2, 0) is 26.2 Å². The maximum absolute atomic E-state index is 11.8. The maximum Gasteiger partial charge on any atom is 0.182 e. The van der Waals surface area contributed by atoms with Crippen LogP contribution in [0.15, 0.2) is 4.90 Å². The molecule has 2 N–H and O–H groups in total. The molecule has 0 saturated carbocycles. The standard InChI is InChI=1S/C10H20N4O4S2/c1-5-20(17,18)7-6-14-9(11)8(19(4,15)16)10(12-14)13(2)3/h5-7,11H2,1-4H3. The molecule has 0 spiro atoms. The van der Waals surface area contributed by atoms with Crippen LogP contribution < -0.4 is 10.6 Å². The highest BCUT2D eigenvalue weighted by molar-refractivity contribution is 7.91. The number of aromatic nitrogens is 2. The van der Waals surface area contributed by atoms with E-state index in [-0.39, 0.29) is 34.6 Å². The topological polar surface area (TPSA) is 115 Å². The SMILES string of the molecule is CCS(=O)(=O)CCn1nc(N(C)C)c(S(C)(=O)=O)c1N. The second-order valence-corrected chi connectivity index (χ2v) is 9.09. The van der Waals surface area contributed by atoms with Gasteiger partial charge < -0.3 is 10.6 Å². The van der Waals surface area contributed by atoms with Crippen molar-refractivity contribution in [3.8, 4) is 0 Å². The Bertz CT molecular complexity index is 689. The van der Waals surface area contributed by atoms with Crippen LogP contribution in [0.2, 0.25) is 0 Å². The van der Waals surface area contributed by atoms with Gasteiger partial charge in [0.15, 0.2) is 30.4 Å². The number of aryl methyl sites for hydroxylation is 1. The summed E-state index contributed by atoms with van der Waals surface area (Å²) in [5, 5.41) is 4.09. The molecule has 10 heteroatoms. The van der Waals surface area contributed by atoms with Crippen LogP contribution in [0.25, 0.3) is 0 Å². The summed E-state index contributed by atoms with van der Waals surface area (Å²) in [5.41, 5.74) is 5.80. The van der Waals surface area contributed by atoms with E-state index in [0.29, 0.717) is 0 Å². The van der Waals surface area contributed by atoms with Crippen molar-refractivity contribution < 1.29 is 16.8 Å². The van der Waals surface area contributed by atoms with Crippen molar-refractivity contribution in [3.63, 3.8) is 0 Å². The largest absolute Gasteiger partial charge is 0.383 e. The summed E-state index contributed by atoms with van der Waals surface area (Å²) in [6.45, 7) is 1.58. The van der Waals surface area contributed by atoms with E-state index in [1.165, 1.54) is 9.58 Å². The molecule has 1 aromatic heterocycles. The normalized spacial score (nSPS) is 12.6. The van der Waals surface area contributed by atoms with Crippen molar-refractivity contribution in [1.29, 1.82) is 0 Å². The van der Waals surface area contributed by atoms with Crippen LogP contribution in [-0.4, -0.2) is 58.5 Å². The fourth-order valence-electron chi connectivity index (χ4n) is 1.63. The highest BCUT2D eigenvalue weighted by Gasteiger charge is 2.25. The summed E-state index contributed by atoms with van der Waals surface area (Å²) in [7, 11) is -3.44. The van der Waals surface area contributed by atoms with Gasteiger partial charge in [-0.3, -0.25) is 0 Å². The number of nitrogens with zero attached hydrogens (tertiary/aromatic N) is 3. The minimum Gasteiger partial charge on any atom is -0.383 e. The zero-order chi connectivity index (χ0) is 15.7. The fourth-order valence-corrected chi connectivity index (χ4v) is 3.41. The number of nitrogens with two attached hydrogens (primary N) is 1. The van der Waals surface area contributed by atoms with Crippen LogP contribution >= 0.6 is 0 Å². The van der Waals surface area contributed by atoms with Crippen LogP contribution in [0.5, 0.6) is 0 Å². The summed E-state index contributed by atoms with van der Waals surface area (Å²) in [6, 6.07) is 0. The fraction of sp³-hybridized carbons (Fsp3) is 0.700. The molecule has 0 fully saturated rings. The molecule has 0 bridgehead atoms. The first-order valence-electron chi connectivity index (χ1n) is 5.93. The van der Waals surface area contributed by atoms with E-state index >= 15 is 0 Å². The van der Waals surface area contributed by atoms with E-state index in [4.69, 9.17) is 5.73 Å². The van der Waals surface area contributed by atoms with Gasteiger partial charge in [0.05, 0.1) is 12.3 Å². The number of hydrogen-bond donors (Lipinski definition) is 1. The average molecular weight is 324 g/mol. The van der Waals surface area contributed by atoms with Crippen molar-refractivity contribution >= 4 is 31.3 Å². The first-order chi connectivity index (χ1) is 8.99. The quantitative estimate of drug-likeness (QED) is 0.740. The molecule has 0 atom stereocenters. The van der Waals surface area contributed by atoms with Gasteiger partial charge in [0.2, 0.25) is 0 Å². The average Bonchev–Trinajstić information content (AvgIpc) is 2.64. The van der Waals surface area contributed by atoms with E-state index in [0.717, 1.165) is 6.26 Å². The van der Waals surface area contributed by atoms with Crippen LogP contribution in [0.4, 0.5) is 11.6 Å². The number of anilines is 2. The highest BCUT2D eigenvalue weighted by atomic mass is 32.2. The Morgan fingerprint density at radius 2 is 1.80 bits per heavy atom. The zero-order valence-electron chi connectivity index (χ0n) is 12.0. The maximum atomic E-state index is 11.8. The lowest BCUT2D eigenvalue weighted by Gasteiger charge is -2.09. The second kappa shape index (κ2) is 5.60. The second-order valence-electron chi connectivity index (χ2n) is 4.66. The van der Waals surface area contributed by atoms with Crippen molar-refractivity contribution in [1.82, 2.24) is 9.78 Å². The van der Waals surface area contributed by atoms with Gasteiger partial charge in [-0.15, -0.1) is 0 Å². The van der Waals surface area contributed by atoms with Crippen molar-refractivity contribution in [3.05, 3.63) is 0 Å². The molecule has 0 saturated heterocycles. The molecular formula is C10H20N4O4S2. The number of nitrogen functional groups attached to an aromatic ring is 1. The van der Waals surface area contributed by atoms with Gasteiger partial charge in [-0.25, -0.2) is 21.5 Å². The molecule has 116 valence electrons. The molecule has 1 rings (SSSR count). The van der Waals surface area contributed by atoms with Gasteiger partial charge in [0.25, 0.3) is 0 Å². The lowest BCUT2D eigenvalue weighted by atomic mass is 10.5. The Morgan fingerprint density at radius 1 is 1.25 bits per heavy atom. The predicted molar refractivity (Wildman–Crippen MR) is 78.4 cm³/mol. The van der Waals surface area contributed by atoms with Crippen molar-refractivity contribution in [2.45, 2.75) is 18.4 Å². The summed E-state index contributed by atoms with van der Waals surface area (Å²) >= 11 is 0. The molecule has 0 radical (unpaired) electrons. The highest BCUT2D eigenvalue weighted by Crippen LogP contribution is 2.28. The number of hydrogen-bond acceptors (Lipinski definition) is 7. The Hall–Kier alpha value is -1.29. The molecular weight excluding hydrogens is 304 g/mol. The monoisotopic (exact) mass is 324 g/mol. The number of sulfone groups is 2. The molecule has 1 heterocycles. The van der Waals surface area contributed by atoms with Crippen LogP contribution in [0, 0.1) is 0 Å². The van der Waals surface area contributed by atoms with E-state index in [2.05, 4.69) is 5.10 Å². The molecule has 1 aromatic rings. The first-order valence-corrected chi connectivity index (χ1v) is 9.65. The molecule has 0 aliphatic carbocycles. The number of rotatable bonds is 6. The molecule has 0 amide bonds. The predicted octanol–water partition coefficient (Wildman–Crippen LogP) is -0.630. The third kappa shape index (κ3) is 3.63. The van der Waals surface area contributed by atoms with E-state index < -0.39 is 19.7 Å². The van der Waals surface area contributed by atoms with Gasteiger partial charge >= 0.3 is 0 Å². The summed E-state index contributed by atoms with van der Waals surface area (Å²) < 4.78 is 47.8. The van der Waals surface area contributed by atoms with Gasteiger partial charge in [0.1, 0.15) is 5.82 Å². The van der Waals surface area contributed by atoms with Gasteiger partial charge in [-0.05, 0) is 0 Å². The van der Waals surface area contributed by atoms with E-state index in [1.54, 1.807) is 21.0 Å². The third-order valence-corrected chi connectivity index (χ3v) is 5.60. The van der Waals surface area contributed by atoms with E-state index in [9.17, 15) is 16.8 Å². The molecule has 0 aliphatic rings. The van der Waals surface area contributed by atoms with Gasteiger partial charge in [-0.1, -0.05) is 6.92 Å². The van der Waals surface area contributed by atoms with Crippen molar-refractivity contribution in [2.75, 3.05) is 42.5 Å². The minimum absolute atomic E-state index is 0.0215. The minimum atomic E-state index is -3.55. The van der Waals surface area contributed by atoms with Crippen LogP contribution in [0.3, 0.4) is 0 Å². The van der Waals surface area contributed by atoms with Gasteiger partial charge in [0, 0.05) is 26.1 Å².